The Morgan fingerprint density at radius 1 is 1.00 bits per heavy atom. The van der Waals surface area contributed by atoms with Crippen molar-refractivity contribution in [1.29, 1.82) is 0 Å². The van der Waals surface area contributed by atoms with Gasteiger partial charge in [-0.1, -0.05) is 29.8 Å². The number of rotatable bonds is 4. The van der Waals surface area contributed by atoms with Gasteiger partial charge in [-0.15, -0.1) is 10.9 Å². The molecule has 0 saturated carbocycles. The first kappa shape index (κ1) is 14.6. The summed E-state index contributed by atoms with van der Waals surface area (Å²) in [7, 11) is 11.6. The number of anilines is 1. The van der Waals surface area contributed by atoms with Gasteiger partial charge >= 0.3 is 0 Å². The highest BCUT2D eigenvalue weighted by atomic mass is 15.0. The Kier molecular flexibility index (Phi) is 4.14. The maximum absolute atomic E-state index is 5.83. The number of aryl methyl sites for hydroxylation is 1. The van der Waals surface area contributed by atoms with Gasteiger partial charge in [0.05, 0.1) is 5.52 Å². The number of aromatic nitrogens is 2. The molecule has 0 amide bonds. The van der Waals surface area contributed by atoms with Gasteiger partial charge in [0.2, 0.25) is 0 Å². The van der Waals surface area contributed by atoms with Crippen LogP contribution in [-0.2, 0) is 6.42 Å². The van der Waals surface area contributed by atoms with E-state index in [1.807, 2.05) is 24.3 Å². The van der Waals surface area contributed by atoms with Crippen molar-refractivity contribution in [3.63, 3.8) is 0 Å². The van der Waals surface area contributed by atoms with Crippen molar-refractivity contribution in [3.05, 3.63) is 53.9 Å². The number of nitrogens with zero attached hydrogens (tertiary/aromatic N) is 2. The number of benzene rings is 2. The van der Waals surface area contributed by atoms with Gasteiger partial charge in [-0.3, -0.25) is 0 Å². The Hall–Kier alpha value is -2.29. The smallest absolute Gasteiger partial charge is 0.137 e. The summed E-state index contributed by atoms with van der Waals surface area (Å²) in [6.45, 7) is 2.83. The maximum atomic E-state index is 5.83. The van der Waals surface area contributed by atoms with E-state index in [1.54, 1.807) is 6.33 Å². The van der Waals surface area contributed by atoms with Crippen LogP contribution in [0, 0.1) is 6.92 Å². The van der Waals surface area contributed by atoms with Crippen LogP contribution in [0.1, 0.15) is 11.1 Å². The van der Waals surface area contributed by atoms with Gasteiger partial charge in [0.1, 0.15) is 27.8 Å². The molecule has 0 bridgehead atoms. The summed E-state index contributed by atoms with van der Waals surface area (Å²) in [6, 6.07) is 11.9. The average Bonchev–Trinajstić information content (AvgIpc) is 2.51. The Balaban J connectivity index is 1.74. The number of nitrogens with one attached hydrogen (secondary N) is 1. The molecule has 0 saturated heterocycles. The van der Waals surface area contributed by atoms with E-state index in [0.717, 1.165) is 35.2 Å². The molecule has 4 radical (unpaired) electrons. The van der Waals surface area contributed by atoms with E-state index < -0.39 is 0 Å². The van der Waals surface area contributed by atoms with Crippen molar-refractivity contribution in [2.75, 3.05) is 11.9 Å². The number of hydrogen-bond donors (Lipinski definition) is 1. The van der Waals surface area contributed by atoms with Crippen molar-refractivity contribution < 1.29 is 0 Å². The minimum atomic E-state index is 0.619. The zero-order chi connectivity index (χ0) is 15.5. The second kappa shape index (κ2) is 6.22. The molecular weight excluding hydrogens is 268 g/mol. The van der Waals surface area contributed by atoms with Gasteiger partial charge in [0.15, 0.2) is 0 Å². The lowest BCUT2D eigenvalue weighted by molar-refractivity contribution is 1.01. The Labute approximate surface area is 133 Å². The predicted octanol–water partition coefficient (Wildman–Crippen LogP) is 1.18. The highest BCUT2D eigenvalue weighted by Gasteiger charge is 2.03. The van der Waals surface area contributed by atoms with Crippen LogP contribution in [0.15, 0.2) is 42.7 Å². The summed E-state index contributed by atoms with van der Waals surface area (Å²) >= 11 is 0. The van der Waals surface area contributed by atoms with Gasteiger partial charge < -0.3 is 5.32 Å². The fourth-order valence-electron chi connectivity index (χ4n) is 2.42. The summed E-state index contributed by atoms with van der Waals surface area (Å²) < 4.78 is 0. The summed E-state index contributed by atoms with van der Waals surface area (Å²) in [6.07, 6.45) is 2.43. The molecule has 5 heteroatoms. The summed E-state index contributed by atoms with van der Waals surface area (Å²) in [4.78, 5) is 8.63. The molecule has 1 heterocycles. The quantitative estimate of drug-likeness (QED) is 0.731. The minimum Gasteiger partial charge on any atom is -0.369 e. The zero-order valence-corrected chi connectivity index (χ0v) is 12.5. The van der Waals surface area contributed by atoms with Crippen molar-refractivity contribution in [3.8, 4) is 0 Å². The summed E-state index contributed by atoms with van der Waals surface area (Å²) in [5, 5.41) is 4.42. The second-order valence-electron chi connectivity index (χ2n) is 5.38. The summed E-state index contributed by atoms with van der Waals surface area (Å²) in [5.41, 5.74) is 4.53. The largest absolute Gasteiger partial charge is 0.369 e. The molecular formula is C17H15B2N3. The highest BCUT2D eigenvalue weighted by Crippen LogP contribution is 2.20. The van der Waals surface area contributed by atoms with E-state index in [0.29, 0.717) is 10.9 Å². The predicted molar refractivity (Wildman–Crippen MR) is 93.7 cm³/mol. The zero-order valence-electron chi connectivity index (χ0n) is 12.5. The van der Waals surface area contributed by atoms with Crippen LogP contribution < -0.4 is 16.2 Å². The monoisotopic (exact) mass is 283 g/mol. The first-order valence-corrected chi connectivity index (χ1v) is 7.22. The molecule has 104 valence electrons. The van der Waals surface area contributed by atoms with Gasteiger partial charge in [-0.05, 0) is 31.0 Å². The standard InChI is InChI=1S/C17H15B2N3/c1-11-2-5-16-13(8-11)17(22-10-21-16)20-7-6-12-3-4-14(18)15(19)9-12/h2-5,8-10H,6-7H2,1H3,(H,20,21,22). The molecule has 0 aliphatic rings. The van der Waals surface area contributed by atoms with Crippen LogP contribution in [0.5, 0.6) is 0 Å². The SMILES string of the molecule is [B]c1ccc(CCNc2ncnc3ccc(C)cc23)cc1[B]. The van der Waals surface area contributed by atoms with E-state index in [-0.39, 0.29) is 0 Å². The first-order chi connectivity index (χ1) is 10.6. The van der Waals surface area contributed by atoms with Crippen molar-refractivity contribution in [1.82, 2.24) is 9.97 Å². The third-order valence-corrected chi connectivity index (χ3v) is 3.65. The van der Waals surface area contributed by atoms with Gasteiger partial charge in [0.25, 0.3) is 0 Å². The summed E-state index contributed by atoms with van der Waals surface area (Å²) in [5.74, 6) is 0.858. The molecule has 0 atom stereocenters. The van der Waals surface area contributed by atoms with E-state index in [9.17, 15) is 0 Å². The molecule has 3 nitrogen and oxygen atoms in total. The molecule has 0 aliphatic carbocycles. The normalized spacial score (nSPS) is 10.8. The Bertz CT molecular complexity index is 818. The van der Waals surface area contributed by atoms with Gasteiger partial charge in [-0.25, -0.2) is 9.97 Å². The molecule has 3 rings (SSSR count). The van der Waals surface area contributed by atoms with Gasteiger partial charge in [0, 0.05) is 11.9 Å². The number of fused-ring (bicyclic) bond motifs is 1. The molecule has 0 unspecified atom stereocenters. The molecule has 1 N–H and O–H groups in total. The highest BCUT2D eigenvalue weighted by molar-refractivity contribution is 6.48. The lowest BCUT2D eigenvalue weighted by Crippen LogP contribution is -2.25. The van der Waals surface area contributed by atoms with E-state index in [2.05, 4.69) is 34.3 Å². The van der Waals surface area contributed by atoms with Crippen LogP contribution in [0.2, 0.25) is 0 Å². The van der Waals surface area contributed by atoms with Crippen molar-refractivity contribution in [2.24, 2.45) is 0 Å². The van der Waals surface area contributed by atoms with Crippen LogP contribution in [-0.4, -0.2) is 32.2 Å². The third kappa shape index (κ3) is 3.14. The number of hydrogen-bond acceptors (Lipinski definition) is 3. The maximum Gasteiger partial charge on any atom is 0.137 e. The Morgan fingerprint density at radius 2 is 1.86 bits per heavy atom. The minimum absolute atomic E-state index is 0.619. The molecule has 0 spiro atoms. The topological polar surface area (TPSA) is 37.8 Å². The Morgan fingerprint density at radius 3 is 2.68 bits per heavy atom. The molecule has 0 aliphatic heterocycles. The molecule has 1 aromatic heterocycles. The first-order valence-electron chi connectivity index (χ1n) is 7.22. The van der Waals surface area contributed by atoms with Crippen LogP contribution in [0.3, 0.4) is 0 Å². The fourth-order valence-corrected chi connectivity index (χ4v) is 2.42. The second-order valence-corrected chi connectivity index (χ2v) is 5.38. The van der Waals surface area contributed by atoms with Gasteiger partial charge in [-0.2, -0.15) is 0 Å². The van der Waals surface area contributed by atoms with Crippen molar-refractivity contribution >= 4 is 43.3 Å². The fraction of sp³-hybridized carbons (Fsp3) is 0.176. The van der Waals surface area contributed by atoms with Crippen LogP contribution >= 0.6 is 0 Å². The van der Waals surface area contributed by atoms with Crippen molar-refractivity contribution in [2.45, 2.75) is 13.3 Å². The molecule has 22 heavy (non-hydrogen) atoms. The lowest BCUT2D eigenvalue weighted by atomic mass is 9.79. The van der Waals surface area contributed by atoms with Crippen LogP contribution in [0.25, 0.3) is 10.9 Å². The van der Waals surface area contributed by atoms with E-state index in [4.69, 9.17) is 15.7 Å². The third-order valence-electron chi connectivity index (χ3n) is 3.65. The van der Waals surface area contributed by atoms with E-state index in [1.165, 1.54) is 5.56 Å². The lowest BCUT2D eigenvalue weighted by Gasteiger charge is -2.10. The molecule has 2 aromatic carbocycles. The average molecular weight is 283 g/mol. The van der Waals surface area contributed by atoms with Crippen LogP contribution in [0.4, 0.5) is 5.82 Å². The molecule has 3 aromatic rings. The van der Waals surface area contributed by atoms with E-state index >= 15 is 0 Å². The molecule has 0 fully saturated rings.